The SMILES string of the molecule is COc1cc2c(cc1OC)/C(=C1\CC=C(Cl)C=C1Cl)N[C@H](C(=O)O)C2. The summed E-state index contributed by atoms with van der Waals surface area (Å²) < 4.78 is 10.7. The number of hydrogen-bond donors (Lipinski definition) is 2. The zero-order valence-electron chi connectivity index (χ0n) is 13.7. The van der Waals surface area contributed by atoms with Crippen LogP contribution in [0.2, 0.25) is 0 Å². The van der Waals surface area contributed by atoms with E-state index in [-0.39, 0.29) is 0 Å². The van der Waals surface area contributed by atoms with Crippen molar-refractivity contribution in [2.75, 3.05) is 14.2 Å². The highest BCUT2D eigenvalue weighted by molar-refractivity contribution is 6.36. The molecule has 0 aromatic heterocycles. The van der Waals surface area contributed by atoms with E-state index in [9.17, 15) is 9.90 Å². The normalized spacial score (nSPS) is 22.3. The fourth-order valence-electron chi connectivity index (χ4n) is 3.03. The average Bonchev–Trinajstić information content (AvgIpc) is 2.59. The Bertz CT molecular complexity index is 827. The van der Waals surface area contributed by atoms with Gasteiger partial charge in [0.1, 0.15) is 6.04 Å². The van der Waals surface area contributed by atoms with Gasteiger partial charge in [0.05, 0.1) is 14.2 Å². The Balaban J connectivity index is 2.20. The molecule has 2 N–H and O–H groups in total. The predicted molar refractivity (Wildman–Crippen MR) is 97.2 cm³/mol. The molecule has 0 saturated carbocycles. The van der Waals surface area contributed by atoms with Crippen molar-refractivity contribution in [3.05, 3.63) is 51.0 Å². The molecule has 7 heteroatoms. The summed E-state index contributed by atoms with van der Waals surface area (Å²) in [6.45, 7) is 0. The number of carboxylic acids is 1. The third-order valence-corrected chi connectivity index (χ3v) is 4.88. The van der Waals surface area contributed by atoms with Crippen LogP contribution in [0, 0.1) is 0 Å². The number of allylic oxidation sites excluding steroid dienone is 5. The van der Waals surface area contributed by atoms with Gasteiger partial charge >= 0.3 is 5.97 Å². The van der Waals surface area contributed by atoms with Crippen molar-refractivity contribution >= 4 is 34.9 Å². The minimum absolute atomic E-state index is 0.333. The molecule has 0 radical (unpaired) electrons. The Morgan fingerprint density at radius 2 is 1.92 bits per heavy atom. The van der Waals surface area contributed by atoms with Gasteiger partial charge in [0.25, 0.3) is 0 Å². The average molecular weight is 382 g/mol. The first-order valence-corrected chi connectivity index (χ1v) is 8.41. The van der Waals surface area contributed by atoms with E-state index >= 15 is 0 Å². The van der Waals surface area contributed by atoms with E-state index < -0.39 is 12.0 Å². The first kappa shape index (κ1) is 17.7. The summed E-state index contributed by atoms with van der Waals surface area (Å²) in [6.07, 6.45) is 4.33. The standard InChI is InChI=1S/C18H17Cl2NO4/c1-24-15-6-9-5-14(18(22)23)21-17(12(9)8-16(15)25-2)11-4-3-10(19)7-13(11)20/h3,6-8,14,21H,4-5H2,1-2H3,(H,22,23)/b17-11-/t14-/m0/s1. The van der Waals surface area contributed by atoms with Crippen LogP contribution in [0.25, 0.3) is 5.70 Å². The largest absolute Gasteiger partial charge is 0.493 e. The number of hydrogen-bond acceptors (Lipinski definition) is 4. The zero-order chi connectivity index (χ0) is 18.1. The molecule has 0 spiro atoms. The number of carboxylic acid groups (broad SMARTS) is 1. The lowest BCUT2D eigenvalue weighted by atomic mass is 9.89. The first-order valence-electron chi connectivity index (χ1n) is 7.65. The summed E-state index contributed by atoms with van der Waals surface area (Å²) in [7, 11) is 3.11. The van der Waals surface area contributed by atoms with Crippen LogP contribution >= 0.6 is 23.2 Å². The maximum Gasteiger partial charge on any atom is 0.326 e. The van der Waals surface area contributed by atoms with Crippen LogP contribution in [-0.2, 0) is 11.2 Å². The molecule has 1 aromatic carbocycles. The van der Waals surface area contributed by atoms with E-state index in [0.29, 0.717) is 40.1 Å². The zero-order valence-corrected chi connectivity index (χ0v) is 15.2. The summed E-state index contributed by atoms with van der Waals surface area (Å²) in [4.78, 5) is 11.6. The maximum atomic E-state index is 11.6. The third-order valence-electron chi connectivity index (χ3n) is 4.28. The molecule has 25 heavy (non-hydrogen) atoms. The van der Waals surface area contributed by atoms with Crippen molar-refractivity contribution < 1.29 is 19.4 Å². The highest BCUT2D eigenvalue weighted by Crippen LogP contribution is 2.40. The Hall–Kier alpha value is -2.11. The predicted octanol–water partition coefficient (Wildman–Crippen LogP) is 3.66. The van der Waals surface area contributed by atoms with Gasteiger partial charge in [0, 0.05) is 27.7 Å². The second-order valence-corrected chi connectivity index (χ2v) is 6.59. The molecular weight excluding hydrogens is 365 g/mol. The molecule has 1 aliphatic carbocycles. The summed E-state index contributed by atoms with van der Waals surface area (Å²) in [6, 6.07) is 2.90. The van der Waals surface area contributed by atoms with Crippen LogP contribution in [0.5, 0.6) is 11.5 Å². The van der Waals surface area contributed by atoms with E-state index in [0.717, 1.165) is 16.7 Å². The number of methoxy groups -OCH3 is 2. The molecule has 1 aromatic rings. The molecule has 0 unspecified atom stereocenters. The number of aliphatic carboxylic acids is 1. The second kappa shape index (κ2) is 7.02. The third kappa shape index (κ3) is 3.34. The highest BCUT2D eigenvalue weighted by Gasteiger charge is 2.30. The molecule has 2 aliphatic rings. The Labute approximate surface area is 155 Å². The Morgan fingerprint density at radius 1 is 1.24 bits per heavy atom. The van der Waals surface area contributed by atoms with Gasteiger partial charge in [-0.2, -0.15) is 0 Å². The van der Waals surface area contributed by atoms with E-state index in [4.69, 9.17) is 32.7 Å². The van der Waals surface area contributed by atoms with E-state index in [1.54, 1.807) is 20.3 Å². The number of halogens is 2. The number of benzene rings is 1. The summed E-state index contributed by atoms with van der Waals surface area (Å²) in [5.41, 5.74) is 3.18. The van der Waals surface area contributed by atoms with Crippen LogP contribution in [0.15, 0.2) is 39.9 Å². The van der Waals surface area contributed by atoms with Crippen molar-refractivity contribution in [3.63, 3.8) is 0 Å². The quantitative estimate of drug-likeness (QED) is 0.835. The maximum absolute atomic E-state index is 11.6. The van der Waals surface area contributed by atoms with Gasteiger partial charge in [-0.15, -0.1) is 0 Å². The lowest BCUT2D eigenvalue weighted by molar-refractivity contribution is -0.139. The van der Waals surface area contributed by atoms with Gasteiger partial charge in [-0.3, -0.25) is 0 Å². The van der Waals surface area contributed by atoms with Gasteiger partial charge in [-0.05, 0) is 35.8 Å². The fraction of sp³-hybridized carbons (Fsp3) is 0.278. The molecule has 132 valence electrons. The van der Waals surface area contributed by atoms with Crippen LogP contribution in [0.4, 0.5) is 0 Å². The smallest absolute Gasteiger partial charge is 0.326 e. The van der Waals surface area contributed by atoms with Gasteiger partial charge in [0.15, 0.2) is 11.5 Å². The molecule has 0 amide bonds. The molecule has 5 nitrogen and oxygen atoms in total. The first-order chi connectivity index (χ1) is 11.9. The second-order valence-electron chi connectivity index (χ2n) is 5.74. The monoisotopic (exact) mass is 381 g/mol. The van der Waals surface area contributed by atoms with Gasteiger partial charge < -0.3 is 19.9 Å². The number of carbonyl (C=O) groups is 1. The summed E-state index contributed by atoms with van der Waals surface area (Å²) >= 11 is 12.4. The Kier molecular flexibility index (Phi) is 4.97. The molecule has 0 fully saturated rings. The lowest BCUT2D eigenvalue weighted by Crippen LogP contribution is -2.41. The van der Waals surface area contributed by atoms with Crippen molar-refractivity contribution in [1.82, 2.24) is 5.32 Å². The molecular formula is C18H17Cl2NO4. The number of rotatable bonds is 3. The molecule has 3 rings (SSSR count). The van der Waals surface area contributed by atoms with Crippen molar-refractivity contribution in [1.29, 1.82) is 0 Å². The van der Waals surface area contributed by atoms with Crippen LogP contribution in [-0.4, -0.2) is 31.3 Å². The summed E-state index contributed by atoms with van der Waals surface area (Å²) in [5.74, 6) is 0.201. The van der Waals surface area contributed by atoms with E-state index in [2.05, 4.69) is 5.32 Å². The molecule has 1 atom stereocenters. The molecule has 0 saturated heterocycles. The van der Waals surface area contributed by atoms with Crippen LogP contribution < -0.4 is 14.8 Å². The van der Waals surface area contributed by atoms with Crippen LogP contribution in [0.1, 0.15) is 17.5 Å². The van der Waals surface area contributed by atoms with Gasteiger partial charge in [-0.25, -0.2) is 4.79 Å². The van der Waals surface area contributed by atoms with Crippen LogP contribution in [0.3, 0.4) is 0 Å². The van der Waals surface area contributed by atoms with Gasteiger partial charge in [0.2, 0.25) is 0 Å². The number of nitrogens with one attached hydrogen (secondary N) is 1. The van der Waals surface area contributed by atoms with Crippen molar-refractivity contribution in [3.8, 4) is 11.5 Å². The van der Waals surface area contributed by atoms with E-state index in [1.165, 1.54) is 0 Å². The number of ether oxygens (including phenoxy) is 2. The minimum atomic E-state index is -0.928. The van der Waals surface area contributed by atoms with E-state index in [1.807, 2.05) is 18.2 Å². The lowest BCUT2D eigenvalue weighted by Gasteiger charge is -2.30. The molecule has 1 aliphatic heterocycles. The van der Waals surface area contributed by atoms with Crippen molar-refractivity contribution in [2.45, 2.75) is 18.9 Å². The molecule has 0 bridgehead atoms. The summed E-state index contributed by atoms with van der Waals surface area (Å²) in [5, 5.41) is 13.6. The topological polar surface area (TPSA) is 67.8 Å². The highest BCUT2D eigenvalue weighted by atomic mass is 35.5. The Morgan fingerprint density at radius 3 is 2.52 bits per heavy atom. The fourth-order valence-corrected chi connectivity index (χ4v) is 3.56. The van der Waals surface area contributed by atoms with Crippen molar-refractivity contribution in [2.24, 2.45) is 0 Å². The van der Waals surface area contributed by atoms with Gasteiger partial charge in [-0.1, -0.05) is 29.3 Å². The molecule has 1 heterocycles. The minimum Gasteiger partial charge on any atom is -0.493 e. The number of fused-ring (bicyclic) bond motifs is 1.